The first-order valence-electron chi connectivity index (χ1n) is 8.10. The smallest absolute Gasteiger partial charge is 0.230 e. The summed E-state index contributed by atoms with van der Waals surface area (Å²) in [6.45, 7) is 5.22. The van der Waals surface area contributed by atoms with E-state index in [1.54, 1.807) is 12.1 Å². The average Bonchev–Trinajstić information content (AvgIpc) is 3.19. The maximum atomic E-state index is 12.3. The average molecular weight is 369 g/mol. The number of nitrogens with one attached hydrogen (secondary N) is 2. The Kier molecular flexibility index (Phi) is 5.18. The van der Waals surface area contributed by atoms with Crippen LogP contribution in [0, 0.1) is 13.8 Å². The Bertz CT molecular complexity index is 959. The summed E-state index contributed by atoms with van der Waals surface area (Å²) in [4.78, 5) is 28.0. The standard InChI is InChI=1S/C19H19N3O3S/c1-11-4-6-14(8-16(11)20-13(3)23)21-18(24)9-15-10-26-19(22-15)17-7-5-12(2)25-17/h4-8,10H,9H2,1-3H3,(H,20,23)(H,21,24). The Morgan fingerprint density at radius 2 is 1.96 bits per heavy atom. The van der Waals surface area contributed by atoms with Crippen molar-refractivity contribution in [2.24, 2.45) is 0 Å². The van der Waals surface area contributed by atoms with Crippen molar-refractivity contribution in [2.45, 2.75) is 27.2 Å². The Balaban J connectivity index is 1.66. The molecule has 0 aliphatic rings. The van der Waals surface area contributed by atoms with Gasteiger partial charge in [-0.1, -0.05) is 6.07 Å². The summed E-state index contributed by atoms with van der Waals surface area (Å²) >= 11 is 1.44. The molecule has 134 valence electrons. The van der Waals surface area contributed by atoms with Gasteiger partial charge in [-0.05, 0) is 43.7 Å². The predicted molar refractivity (Wildman–Crippen MR) is 102 cm³/mol. The van der Waals surface area contributed by atoms with Gasteiger partial charge in [0.05, 0.1) is 12.1 Å². The molecule has 0 unspecified atom stereocenters. The van der Waals surface area contributed by atoms with Gasteiger partial charge in [0, 0.05) is 23.7 Å². The Morgan fingerprint density at radius 3 is 2.65 bits per heavy atom. The second-order valence-corrected chi connectivity index (χ2v) is 6.85. The van der Waals surface area contributed by atoms with Crippen LogP contribution >= 0.6 is 11.3 Å². The van der Waals surface area contributed by atoms with Gasteiger partial charge in [-0.2, -0.15) is 0 Å². The molecule has 26 heavy (non-hydrogen) atoms. The van der Waals surface area contributed by atoms with Crippen LogP contribution in [-0.2, 0) is 16.0 Å². The summed E-state index contributed by atoms with van der Waals surface area (Å²) in [5.74, 6) is 1.20. The number of nitrogens with zero attached hydrogens (tertiary/aromatic N) is 1. The van der Waals surface area contributed by atoms with Crippen molar-refractivity contribution in [2.75, 3.05) is 10.6 Å². The third-order valence-electron chi connectivity index (χ3n) is 3.68. The van der Waals surface area contributed by atoms with E-state index in [9.17, 15) is 9.59 Å². The molecule has 0 saturated carbocycles. The summed E-state index contributed by atoms with van der Waals surface area (Å²) in [7, 11) is 0. The molecule has 1 aromatic carbocycles. The van der Waals surface area contributed by atoms with Gasteiger partial charge in [-0.15, -0.1) is 11.3 Å². The van der Waals surface area contributed by atoms with E-state index in [2.05, 4.69) is 15.6 Å². The van der Waals surface area contributed by atoms with Crippen LogP contribution in [0.3, 0.4) is 0 Å². The highest BCUT2D eigenvalue weighted by molar-refractivity contribution is 7.13. The van der Waals surface area contributed by atoms with Crippen molar-refractivity contribution < 1.29 is 14.0 Å². The zero-order valence-corrected chi connectivity index (χ0v) is 15.6. The van der Waals surface area contributed by atoms with Crippen molar-refractivity contribution in [3.05, 3.63) is 52.7 Å². The largest absolute Gasteiger partial charge is 0.459 e. The fourth-order valence-electron chi connectivity index (χ4n) is 2.44. The van der Waals surface area contributed by atoms with Gasteiger partial charge in [0.15, 0.2) is 10.8 Å². The molecule has 2 amide bonds. The molecular formula is C19H19N3O3S. The maximum Gasteiger partial charge on any atom is 0.230 e. The van der Waals surface area contributed by atoms with Crippen LogP contribution in [-0.4, -0.2) is 16.8 Å². The van der Waals surface area contributed by atoms with E-state index in [-0.39, 0.29) is 18.2 Å². The maximum absolute atomic E-state index is 12.3. The van der Waals surface area contributed by atoms with Crippen LogP contribution in [0.1, 0.15) is 23.9 Å². The van der Waals surface area contributed by atoms with Crippen molar-refractivity contribution in [3.63, 3.8) is 0 Å². The molecule has 0 radical (unpaired) electrons. The summed E-state index contributed by atoms with van der Waals surface area (Å²) in [6.07, 6.45) is 0.166. The Hall–Kier alpha value is -2.93. The summed E-state index contributed by atoms with van der Waals surface area (Å²) in [5, 5.41) is 8.19. The number of hydrogen-bond acceptors (Lipinski definition) is 5. The van der Waals surface area contributed by atoms with Crippen LogP contribution in [0.5, 0.6) is 0 Å². The van der Waals surface area contributed by atoms with Crippen molar-refractivity contribution >= 4 is 34.5 Å². The molecule has 0 spiro atoms. The van der Waals surface area contributed by atoms with Crippen LogP contribution in [0.15, 0.2) is 40.1 Å². The fourth-order valence-corrected chi connectivity index (χ4v) is 3.22. The molecule has 3 rings (SSSR count). The summed E-state index contributed by atoms with van der Waals surface area (Å²) in [5.41, 5.74) is 2.92. The van der Waals surface area contributed by atoms with Gasteiger partial charge < -0.3 is 15.1 Å². The molecule has 0 bridgehead atoms. The number of carbonyl (C=O) groups excluding carboxylic acids is 2. The summed E-state index contributed by atoms with van der Waals surface area (Å²) < 4.78 is 5.55. The molecule has 0 aliphatic carbocycles. The van der Waals surface area contributed by atoms with Crippen LogP contribution < -0.4 is 10.6 Å². The van der Waals surface area contributed by atoms with Crippen LogP contribution in [0.2, 0.25) is 0 Å². The van der Waals surface area contributed by atoms with Gasteiger partial charge in [-0.25, -0.2) is 4.98 Å². The lowest BCUT2D eigenvalue weighted by molar-refractivity contribution is -0.116. The molecule has 2 heterocycles. The topological polar surface area (TPSA) is 84.2 Å². The Morgan fingerprint density at radius 1 is 1.15 bits per heavy atom. The van der Waals surface area contributed by atoms with E-state index < -0.39 is 0 Å². The van der Waals surface area contributed by atoms with Gasteiger partial charge in [0.1, 0.15) is 5.76 Å². The van der Waals surface area contributed by atoms with Gasteiger partial charge >= 0.3 is 0 Å². The molecule has 7 heteroatoms. The molecule has 0 aliphatic heterocycles. The SMILES string of the molecule is CC(=O)Nc1cc(NC(=O)Cc2csc(-c3ccc(C)o3)n2)ccc1C. The number of carbonyl (C=O) groups is 2. The zero-order valence-electron chi connectivity index (χ0n) is 14.8. The minimum absolute atomic E-state index is 0.153. The number of anilines is 2. The number of aromatic nitrogens is 1. The number of rotatable bonds is 5. The fraction of sp³-hybridized carbons (Fsp3) is 0.211. The predicted octanol–water partition coefficient (Wildman–Crippen LogP) is 4.16. The Labute approximate surface area is 155 Å². The normalized spacial score (nSPS) is 10.6. The monoisotopic (exact) mass is 369 g/mol. The molecule has 2 aromatic heterocycles. The van der Waals surface area contributed by atoms with Gasteiger partial charge in [0.2, 0.25) is 11.8 Å². The van der Waals surface area contributed by atoms with E-state index >= 15 is 0 Å². The lowest BCUT2D eigenvalue weighted by atomic mass is 10.1. The molecule has 0 saturated heterocycles. The number of amides is 2. The number of aryl methyl sites for hydroxylation is 2. The molecule has 0 atom stereocenters. The number of thiazole rings is 1. The first kappa shape index (κ1) is 17.9. The number of benzene rings is 1. The lowest BCUT2D eigenvalue weighted by Crippen LogP contribution is -2.15. The highest BCUT2D eigenvalue weighted by atomic mass is 32.1. The van der Waals surface area contributed by atoms with Crippen molar-refractivity contribution in [1.82, 2.24) is 4.98 Å². The molecular weight excluding hydrogens is 350 g/mol. The minimum atomic E-state index is -0.171. The highest BCUT2D eigenvalue weighted by Crippen LogP contribution is 2.26. The number of furan rings is 1. The molecule has 6 nitrogen and oxygen atoms in total. The van der Waals surface area contributed by atoms with Gasteiger partial charge in [0.25, 0.3) is 0 Å². The number of hydrogen-bond donors (Lipinski definition) is 2. The zero-order chi connectivity index (χ0) is 18.7. The van der Waals surface area contributed by atoms with E-state index in [1.165, 1.54) is 18.3 Å². The molecule has 3 aromatic rings. The van der Waals surface area contributed by atoms with E-state index in [0.717, 1.165) is 16.3 Å². The highest BCUT2D eigenvalue weighted by Gasteiger charge is 2.12. The van der Waals surface area contributed by atoms with E-state index in [0.29, 0.717) is 22.8 Å². The molecule has 2 N–H and O–H groups in total. The van der Waals surface area contributed by atoms with Crippen LogP contribution in [0.25, 0.3) is 10.8 Å². The van der Waals surface area contributed by atoms with Gasteiger partial charge in [-0.3, -0.25) is 9.59 Å². The second-order valence-electron chi connectivity index (χ2n) is 5.99. The lowest BCUT2D eigenvalue weighted by Gasteiger charge is -2.10. The quantitative estimate of drug-likeness (QED) is 0.707. The molecule has 0 fully saturated rings. The third-order valence-corrected chi connectivity index (χ3v) is 4.58. The first-order valence-corrected chi connectivity index (χ1v) is 8.98. The van der Waals surface area contributed by atoms with E-state index in [4.69, 9.17) is 4.42 Å². The first-order chi connectivity index (χ1) is 12.4. The minimum Gasteiger partial charge on any atom is -0.459 e. The van der Waals surface area contributed by atoms with Crippen LogP contribution in [0.4, 0.5) is 11.4 Å². The second kappa shape index (κ2) is 7.53. The van der Waals surface area contributed by atoms with E-state index in [1.807, 2.05) is 37.4 Å². The van der Waals surface area contributed by atoms with Crippen molar-refractivity contribution in [3.8, 4) is 10.8 Å². The van der Waals surface area contributed by atoms with Crippen molar-refractivity contribution in [1.29, 1.82) is 0 Å². The third kappa shape index (κ3) is 4.37. The summed E-state index contributed by atoms with van der Waals surface area (Å²) in [6, 6.07) is 9.14.